The third-order valence-corrected chi connectivity index (χ3v) is 5.18. The molecular weight excluding hydrogens is 318 g/mol. The van der Waals surface area contributed by atoms with Crippen LogP contribution in [0.15, 0.2) is 30.5 Å². The Balaban J connectivity index is 1.80. The van der Waals surface area contributed by atoms with E-state index in [1.54, 1.807) is 0 Å². The van der Waals surface area contributed by atoms with Crippen LogP contribution in [-0.2, 0) is 13.0 Å². The first-order valence-corrected chi connectivity index (χ1v) is 9.16. The standard InChI is InChI=1S/C19H23N3OS/c1-5-22-9-8-14-11-15(6-7-16(14)22)21-19(23)18-13(4)20-17(24-18)10-12(2)3/h6-9,11-12H,5,10H2,1-4H3,(H,21,23). The van der Waals surface area contributed by atoms with E-state index in [2.05, 4.69) is 54.0 Å². The zero-order chi connectivity index (χ0) is 17.3. The lowest BCUT2D eigenvalue weighted by atomic mass is 10.1. The van der Waals surface area contributed by atoms with Crippen LogP contribution in [-0.4, -0.2) is 15.5 Å². The van der Waals surface area contributed by atoms with Gasteiger partial charge in [0.1, 0.15) is 4.88 Å². The lowest BCUT2D eigenvalue weighted by Gasteiger charge is -2.06. The van der Waals surface area contributed by atoms with Crippen molar-refractivity contribution < 1.29 is 4.79 Å². The van der Waals surface area contributed by atoms with E-state index in [0.717, 1.165) is 34.7 Å². The molecule has 3 aromatic rings. The summed E-state index contributed by atoms with van der Waals surface area (Å²) in [5, 5.41) is 5.17. The van der Waals surface area contributed by atoms with Gasteiger partial charge >= 0.3 is 0 Å². The summed E-state index contributed by atoms with van der Waals surface area (Å²) in [6.45, 7) is 9.28. The molecular formula is C19H23N3OS. The smallest absolute Gasteiger partial charge is 0.267 e. The van der Waals surface area contributed by atoms with E-state index in [1.807, 2.05) is 19.1 Å². The van der Waals surface area contributed by atoms with E-state index in [0.29, 0.717) is 10.8 Å². The van der Waals surface area contributed by atoms with Crippen LogP contribution in [0.2, 0.25) is 0 Å². The van der Waals surface area contributed by atoms with E-state index >= 15 is 0 Å². The van der Waals surface area contributed by atoms with Crippen molar-refractivity contribution >= 4 is 33.8 Å². The molecule has 1 aromatic carbocycles. The summed E-state index contributed by atoms with van der Waals surface area (Å²) in [6.07, 6.45) is 2.98. The summed E-state index contributed by atoms with van der Waals surface area (Å²) in [5.41, 5.74) is 2.81. The molecule has 0 unspecified atom stereocenters. The number of benzene rings is 1. The number of nitrogens with zero attached hydrogens (tertiary/aromatic N) is 2. The minimum absolute atomic E-state index is 0.0747. The van der Waals surface area contributed by atoms with Crippen molar-refractivity contribution in [1.29, 1.82) is 0 Å². The zero-order valence-electron chi connectivity index (χ0n) is 14.6. The van der Waals surface area contributed by atoms with Crippen LogP contribution in [0.1, 0.15) is 41.1 Å². The number of hydrogen-bond acceptors (Lipinski definition) is 3. The highest BCUT2D eigenvalue weighted by molar-refractivity contribution is 7.13. The number of carbonyl (C=O) groups excluding carboxylic acids is 1. The molecule has 0 radical (unpaired) electrons. The maximum absolute atomic E-state index is 12.6. The third kappa shape index (κ3) is 3.36. The average Bonchev–Trinajstić information content (AvgIpc) is 3.09. The van der Waals surface area contributed by atoms with Crippen molar-refractivity contribution in [3.63, 3.8) is 0 Å². The van der Waals surface area contributed by atoms with Crippen molar-refractivity contribution in [2.24, 2.45) is 5.92 Å². The van der Waals surface area contributed by atoms with Gasteiger partial charge in [-0.1, -0.05) is 13.8 Å². The first-order valence-electron chi connectivity index (χ1n) is 8.34. The van der Waals surface area contributed by atoms with Crippen molar-refractivity contribution in [2.45, 2.75) is 40.7 Å². The van der Waals surface area contributed by atoms with Crippen LogP contribution >= 0.6 is 11.3 Å². The number of hydrogen-bond donors (Lipinski definition) is 1. The summed E-state index contributed by atoms with van der Waals surface area (Å²) in [7, 11) is 0. The van der Waals surface area contributed by atoms with Crippen molar-refractivity contribution in [3.8, 4) is 0 Å². The van der Waals surface area contributed by atoms with Gasteiger partial charge in [-0.3, -0.25) is 4.79 Å². The van der Waals surface area contributed by atoms with E-state index in [9.17, 15) is 4.79 Å². The molecule has 2 aromatic heterocycles. The third-order valence-electron chi connectivity index (χ3n) is 4.00. The van der Waals surface area contributed by atoms with Crippen LogP contribution < -0.4 is 5.32 Å². The van der Waals surface area contributed by atoms with Crippen molar-refractivity contribution in [3.05, 3.63) is 46.0 Å². The van der Waals surface area contributed by atoms with Gasteiger partial charge in [-0.2, -0.15) is 0 Å². The Labute approximate surface area is 146 Å². The lowest BCUT2D eigenvalue weighted by molar-refractivity contribution is 0.103. The monoisotopic (exact) mass is 341 g/mol. The van der Waals surface area contributed by atoms with Crippen molar-refractivity contribution in [2.75, 3.05) is 5.32 Å². The Hall–Kier alpha value is -2.14. The Bertz CT molecular complexity index is 876. The van der Waals surface area contributed by atoms with E-state index in [-0.39, 0.29) is 5.91 Å². The molecule has 0 saturated carbocycles. The molecule has 0 aliphatic carbocycles. The van der Waals surface area contributed by atoms with Gasteiger partial charge < -0.3 is 9.88 Å². The fourth-order valence-electron chi connectivity index (χ4n) is 2.84. The molecule has 1 N–H and O–H groups in total. The molecule has 0 spiro atoms. The Morgan fingerprint density at radius 2 is 2.12 bits per heavy atom. The van der Waals surface area contributed by atoms with Gasteiger partial charge in [0, 0.05) is 35.8 Å². The van der Waals surface area contributed by atoms with Gasteiger partial charge in [0.2, 0.25) is 0 Å². The summed E-state index contributed by atoms with van der Waals surface area (Å²) >= 11 is 1.50. The fourth-order valence-corrected chi connectivity index (χ4v) is 4.01. The molecule has 0 aliphatic rings. The topological polar surface area (TPSA) is 46.9 Å². The van der Waals surface area contributed by atoms with E-state index < -0.39 is 0 Å². The van der Waals surface area contributed by atoms with Gasteiger partial charge in [-0.15, -0.1) is 11.3 Å². The second-order valence-electron chi connectivity index (χ2n) is 6.45. The first kappa shape index (κ1) is 16.7. The Morgan fingerprint density at radius 3 is 2.83 bits per heavy atom. The number of nitrogens with one attached hydrogen (secondary N) is 1. The van der Waals surface area contributed by atoms with Gasteiger partial charge in [-0.25, -0.2) is 4.98 Å². The zero-order valence-corrected chi connectivity index (χ0v) is 15.4. The highest BCUT2D eigenvalue weighted by atomic mass is 32.1. The Morgan fingerprint density at radius 1 is 1.33 bits per heavy atom. The summed E-state index contributed by atoms with van der Waals surface area (Å²) in [4.78, 5) is 17.8. The Kier molecular flexibility index (Phi) is 4.71. The maximum atomic E-state index is 12.6. The quantitative estimate of drug-likeness (QED) is 0.719. The number of thiazole rings is 1. The molecule has 0 atom stereocenters. The molecule has 5 heteroatoms. The molecule has 2 heterocycles. The number of carbonyl (C=O) groups is 1. The molecule has 24 heavy (non-hydrogen) atoms. The van der Waals surface area contributed by atoms with Gasteiger partial charge in [0.15, 0.2) is 0 Å². The van der Waals surface area contributed by atoms with E-state index in [1.165, 1.54) is 16.9 Å². The van der Waals surface area contributed by atoms with Crippen LogP contribution in [0.25, 0.3) is 10.9 Å². The number of fused-ring (bicyclic) bond motifs is 1. The number of amides is 1. The molecule has 126 valence electrons. The number of aryl methyl sites for hydroxylation is 2. The van der Waals surface area contributed by atoms with Gasteiger partial charge in [0.05, 0.1) is 10.7 Å². The number of rotatable bonds is 5. The highest BCUT2D eigenvalue weighted by Gasteiger charge is 2.16. The van der Waals surface area contributed by atoms with Crippen LogP contribution in [0.4, 0.5) is 5.69 Å². The van der Waals surface area contributed by atoms with Crippen LogP contribution in [0, 0.1) is 12.8 Å². The summed E-state index contributed by atoms with van der Waals surface area (Å²) < 4.78 is 2.19. The van der Waals surface area contributed by atoms with E-state index in [4.69, 9.17) is 0 Å². The lowest BCUT2D eigenvalue weighted by Crippen LogP contribution is -2.11. The minimum Gasteiger partial charge on any atom is -0.348 e. The van der Waals surface area contributed by atoms with Crippen LogP contribution in [0.3, 0.4) is 0 Å². The fraction of sp³-hybridized carbons (Fsp3) is 0.368. The summed E-state index contributed by atoms with van der Waals surface area (Å²) in [6, 6.07) is 8.11. The SMILES string of the molecule is CCn1ccc2cc(NC(=O)c3sc(CC(C)C)nc3C)ccc21. The highest BCUT2D eigenvalue weighted by Crippen LogP contribution is 2.24. The van der Waals surface area contributed by atoms with Gasteiger partial charge in [0.25, 0.3) is 5.91 Å². The molecule has 4 nitrogen and oxygen atoms in total. The number of aromatic nitrogens is 2. The van der Waals surface area contributed by atoms with Crippen LogP contribution in [0.5, 0.6) is 0 Å². The van der Waals surface area contributed by atoms with Gasteiger partial charge in [-0.05, 0) is 44.0 Å². The molecule has 0 aliphatic heterocycles. The van der Waals surface area contributed by atoms with Crippen molar-refractivity contribution in [1.82, 2.24) is 9.55 Å². The molecule has 0 fully saturated rings. The summed E-state index contributed by atoms with van der Waals surface area (Å²) in [5.74, 6) is 0.464. The average molecular weight is 341 g/mol. The predicted molar refractivity (Wildman–Crippen MR) is 101 cm³/mol. The first-order chi connectivity index (χ1) is 11.5. The minimum atomic E-state index is -0.0747. The predicted octanol–water partition coefficient (Wildman–Crippen LogP) is 4.88. The normalized spacial score (nSPS) is 11.4. The molecule has 0 bridgehead atoms. The molecule has 3 rings (SSSR count). The molecule has 1 amide bonds. The maximum Gasteiger partial charge on any atom is 0.267 e. The second kappa shape index (κ2) is 6.77. The molecule has 0 saturated heterocycles. The second-order valence-corrected chi connectivity index (χ2v) is 7.53. The largest absolute Gasteiger partial charge is 0.348 e. The number of anilines is 1.